The van der Waals surface area contributed by atoms with Crippen LogP contribution >= 0.6 is 31.9 Å². The van der Waals surface area contributed by atoms with Crippen LogP contribution in [0.3, 0.4) is 0 Å². The zero-order valence-electron chi connectivity index (χ0n) is 10.3. The van der Waals surface area contributed by atoms with E-state index >= 15 is 0 Å². The van der Waals surface area contributed by atoms with E-state index in [0.29, 0.717) is 4.47 Å². The minimum atomic E-state index is -3.86. The van der Waals surface area contributed by atoms with Gasteiger partial charge in [-0.15, -0.1) is 0 Å². The number of aliphatic carboxylic acids is 1. The van der Waals surface area contributed by atoms with Crippen LogP contribution in [0.1, 0.15) is 13.8 Å². The van der Waals surface area contributed by atoms with Gasteiger partial charge in [-0.05, 0) is 48.0 Å². The molecule has 19 heavy (non-hydrogen) atoms. The van der Waals surface area contributed by atoms with Crippen molar-refractivity contribution in [2.75, 3.05) is 6.54 Å². The molecule has 0 saturated carbocycles. The fourth-order valence-corrected chi connectivity index (χ4v) is 4.78. The summed E-state index contributed by atoms with van der Waals surface area (Å²) in [5.41, 5.74) is 0. The molecule has 0 spiro atoms. The van der Waals surface area contributed by atoms with Crippen LogP contribution in [0.5, 0.6) is 0 Å². The van der Waals surface area contributed by atoms with Gasteiger partial charge in [0.25, 0.3) is 0 Å². The fraction of sp³-hybridized carbons (Fsp3) is 0.364. The molecule has 0 atom stereocenters. The first-order chi connectivity index (χ1) is 8.66. The Morgan fingerprint density at radius 3 is 2.37 bits per heavy atom. The second-order valence-corrected chi connectivity index (χ2v) is 7.74. The molecule has 1 rings (SSSR count). The Kier molecular flexibility index (Phi) is 5.54. The maximum absolute atomic E-state index is 12.5. The molecular weight excluding hydrogens is 402 g/mol. The fourth-order valence-electron chi connectivity index (χ4n) is 1.49. The third kappa shape index (κ3) is 4.01. The predicted molar refractivity (Wildman–Crippen MR) is 78.5 cm³/mol. The molecule has 0 saturated heterocycles. The molecule has 1 aromatic carbocycles. The molecule has 0 bridgehead atoms. The van der Waals surface area contributed by atoms with Crippen molar-refractivity contribution in [3.8, 4) is 0 Å². The minimum absolute atomic E-state index is 0.0469. The first-order valence-electron chi connectivity index (χ1n) is 5.35. The largest absolute Gasteiger partial charge is 0.480 e. The molecule has 0 fully saturated rings. The molecule has 0 amide bonds. The lowest BCUT2D eigenvalue weighted by Crippen LogP contribution is -2.40. The van der Waals surface area contributed by atoms with Gasteiger partial charge in [0.1, 0.15) is 6.54 Å². The second kappa shape index (κ2) is 6.34. The summed E-state index contributed by atoms with van der Waals surface area (Å²) in [6.07, 6.45) is 0. The van der Waals surface area contributed by atoms with Crippen molar-refractivity contribution in [2.45, 2.75) is 24.8 Å². The Balaban J connectivity index is 3.30. The number of carboxylic acids is 1. The van der Waals surface area contributed by atoms with Crippen molar-refractivity contribution in [1.82, 2.24) is 4.31 Å². The number of carbonyl (C=O) groups is 1. The Bertz CT molecular complexity index is 586. The van der Waals surface area contributed by atoms with Crippen molar-refractivity contribution in [3.63, 3.8) is 0 Å². The summed E-state index contributed by atoms with van der Waals surface area (Å²) in [6.45, 7) is 2.70. The summed E-state index contributed by atoms with van der Waals surface area (Å²) in [7, 11) is -3.86. The summed E-state index contributed by atoms with van der Waals surface area (Å²) in [4.78, 5) is 10.9. The van der Waals surface area contributed by atoms with Crippen LogP contribution in [0.2, 0.25) is 0 Å². The third-order valence-corrected chi connectivity index (χ3v) is 5.84. The smallest absolute Gasteiger partial charge is 0.318 e. The Hall–Kier alpha value is -0.440. The van der Waals surface area contributed by atoms with Crippen molar-refractivity contribution in [3.05, 3.63) is 27.1 Å². The van der Waals surface area contributed by atoms with Crippen molar-refractivity contribution in [1.29, 1.82) is 0 Å². The highest BCUT2D eigenvalue weighted by molar-refractivity contribution is 9.11. The van der Waals surface area contributed by atoms with Gasteiger partial charge in [-0.1, -0.05) is 15.9 Å². The van der Waals surface area contributed by atoms with Crippen LogP contribution in [-0.4, -0.2) is 36.4 Å². The van der Waals surface area contributed by atoms with Crippen LogP contribution in [0.15, 0.2) is 32.0 Å². The Morgan fingerprint density at radius 1 is 1.37 bits per heavy atom. The molecule has 106 valence electrons. The normalized spacial score (nSPS) is 12.1. The maximum atomic E-state index is 12.5. The SMILES string of the molecule is CC(C)N(CC(=O)O)S(=O)(=O)c1ccc(Br)cc1Br. The molecular formula is C11H13Br2NO4S. The lowest BCUT2D eigenvalue weighted by Gasteiger charge is -2.24. The average molecular weight is 415 g/mol. The molecule has 0 radical (unpaired) electrons. The molecule has 0 aliphatic heterocycles. The quantitative estimate of drug-likeness (QED) is 0.803. The van der Waals surface area contributed by atoms with Crippen LogP contribution < -0.4 is 0 Å². The van der Waals surface area contributed by atoms with Gasteiger partial charge in [0.05, 0.1) is 4.90 Å². The summed E-state index contributed by atoms with van der Waals surface area (Å²) < 4.78 is 27.0. The minimum Gasteiger partial charge on any atom is -0.480 e. The zero-order chi connectivity index (χ0) is 14.8. The third-order valence-electron chi connectivity index (χ3n) is 2.35. The number of carboxylic acid groups (broad SMARTS) is 1. The topological polar surface area (TPSA) is 74.7 Å². The van der Waals surface area contributed by atoms with E-state index in [1.54, 1.807) is 26.0 Å². The summed E-state index contributed by atoms with van der Waals surface area (Å²) >= 11 is 6.42. The Morgan fingerprint density at radius 2 is 1.95 bits per heavy atom. The number of rotatable bonds is 5. The van der Waals surface area contributed by atoms with E-state index in [9.17, 15) is 13.2 Å². The van der Waals surface area contributed by atoms with Crippen LogP contribution in [-0.2, 0) is 14.8 Å². The first-order valence-corrected chi connectivity index (χ1v) is 8.37. The summed E-state index contributed by atoms with van der Waals surface area (Å²) in [5.74, 6) is -1.19. The van der Waals surface area contributed by atoms with Gasteiger partial charge in [0.2, 0.25) is 10.0 Å². The number of hydrogen-bond acceptors (Lipinski definition) is 3. The molecule has 0 unspecified atom stereocenters. The number of halogens is 2. The maximum Gasteiger partial charge on any atom is 0.318 e. The van der Waals surface area contributed by atoms with Gasteiger partial charge >= 0.3 is 5.97 Å². The molecule has 1 N–H and O–H groups in total. The average Bonchev–Trinajstić information content (AvgIpc) is 2.24. The van der Waals surface area contributed by atoms with Gasteiger partial charge in [-0.2, -0.15) is 4.31 Å². The van der Waals surface area contributed by atoms with E-state index in [1.165, 1.54) is 6.07 Å². The molecule has 5 nitrogen and oxygen atoms in total. The number of hydrogen-bond donors (Lipinski definition) is 1. The first kappa shape index (κ1) is 16.6. The van der Waals surface area contributed by atoms with Gasteiger partial charge < -0.3 is 5.11 Å². The highest BCUT2D eigenvalue weighted by atomic mass is 79.9. The van der Waals surface area contributed by atoms with Crippen molar-refractivity contribution in [2.24, 2.45) is 0 Å². The van der Waals surface area contributed by atoms with E-state index in [2.05, 4.69) is 31.9 Å². The predicted octanol–water partition coefficient (Wildman–Crippen LogP) is 2.70. The number of sulfonamides is 1. The summed E-state index contributed by atoms with van der Waals surface area (Å²) in [5, 5.41) is 8.83. The highest BCUT2D eigenvalue weighted by Gasteiger charge is 2.30. The highest BCUT2D eigenvalue weighted by Crippen LogP contribution is 2.28. The number of nitrogens with zero attached hydrogens (tertiary/aromatic N) is 1. The van der Waals surface area contributed by atoms with E-state index in [4.69, 9.17) is 5.11 Å². The van der Waals surface area contributed by atoms with Gasteiger partial charge in [-0.3, -0.25) is 4.79 Å². The van der Waals surface area contributed by atoms with Crippen LogP contribution in [0.25, 0.3) is 0 Å². The van der Waals surface area contributed by atoms with Crippen LogP contribution in [0.4, 0.5) is 0 Å². The molecule has 0 aliphatic carbocycles. The Labute approximate surface area is 128 Å². The van der Waals surface area contributed by atoms with Gasteiger partial charge in [0, 0.05) is 15.0 Å². The lowest BCUT2D eigenvalue weighted by molar-refractivity contribution is -0.137. The second-order valence-electron chi connectivity index (χ2n) is 4.11. The van der Waals surface area contributed by atoms with Crippen LogP contribution in [0, 0.1) is 0 Å². The van der Waals surface area contributed by atoms with E-state index < -0.39 is 28.6 Å². The molecule has 8 heteroatoms. The van der Waals surface area contributed by atoms with E-state index in [1.807, 2.05) is 0 Å². The van der Waals surface area contributed by atoms with E-state index in [0.717, 1.165) is 8.78 Å². The zero-order valence-corrected chi connectivity index (χ0v) is 14.3. The summed E-state index contributed by atoms with van der Waals surface area (Å²) in [6, 6.07) is 4.18. The molecule has 0 aliphatic rings. The molecule has 1 aromatic rings. The van der Waals surface area contributed by atoms with Gasteiger partial charge in [-0.25, -0.2) is 8.42 Å². The van der Waals surface area contributed by atoms with Gasteiger partial charge in [0.15, 0.2) is 0 Å². The van der Waals surface area contributed by atoms with Crippen molar-refractivity contribution < 1.29 is 18.3 Å². The van der Waals surface area contributed by atoms with E-state index in [-0.39, 0.29) is 4.90 Å². The molecule has 0 heterocycles. The standard InChI is InChI=1S/C11H13Br2NO4S/c1-7(2)14(6-11(15)16)19(17,18)10-4-3-8(12)5-9(10)13/h3-5,7H,6H2,1-2H3,(H,15,16). The van der Waals surface area contributed by atoms with Crippen molar-refractivity contribution >= 4 is 47.9 Å². The monoisotopic (exact) mass is 413 g/mol. The lowest BCUT2D eigenvalue weighted by atomic mass is 10.4. The molecule has 0 aromatic heterocycles. The number of benzene rings is 1.